The molecule has 5 nitrogen and oxygen atoms in total. The van der Waals surface area contributed by atoms with Crippen LogP contribution in [-0.2, 0) is 0 Å². The van der Waals surface area contributed by atoms with E-state index in [4.69, 9.17) is 0 Å². The zero-order valence-electron chi connectivity index (χ0n) is 13.3. The van der Waals surface area contributed by atoms with Crippen LogP contribution in [0.1, 0.15) is 37.6 Å². The van der Waals surface area contributed by atoms with E-state index in [0.717, 1.165) is 45.0 Å². The molecule has 2 rings (SSSR count). The lowest BCUT2D eigenvalue weighted by molar-refractivity contribution is 0.0655. The fraction of sp³-hybridized carbons (Fsp3) is 0.625. The zero-order valence-corrected chi connectivity index (χ0v) is 13.3. The lowest BCUT2D eigenvalue weighted by Crippen LogP contribution is -2.52. The van der Waals surface area contributed by atoms with Gasteiger partial charge in [-0.15, -0.1) is 0 Å². The van der Waals surface area contributed by atoms with Crippen molar-refractivity contribution in [2.45, 2.75) is 33.2 Å². The summed E-state index contributed by atoms with van der Waals surface area (Å²) in [5.74, 6) is 1.03. The lowest BCUT2D eigenvalue weighted by Gasteiger charge is -2.34. The minimum absolute atomic E-state index is 0.0848. The van der Waals surface area contributed by atoms with Crippen LogP contribution in [0.3, 0.4) is 0 Å². The highest BCUT2D eigenvalue weighted by atomic mass is 16.2. The van der Waals surface area contributed by atoms with Crippen LogP contribution in [-0.4, -0.2) is 54.6 Å². The molecule has 1 aromatic rings. The molecule has 0 aliphatic carbocycles. The van der Waals surface area contributed by atoms with Crippen molar-refractivity contribution in [2.24, 2.45) is 0 Å². The Labute approximate surface area is 127 Å². The van der Waals surface area contributed by atoms with Gasteiger partial charge in [-0.3, -0.25) is 4.79 Å². The molecule has 21 heavy (non-hydrogen) atoms. The van der Waals surface area contributed by atoms with Gasteiger partial charge in [0.05, 0.1) is 5.56 Å². The van der Waals surface area contributed by atoms with Crippen LogP contribution in [0, 0.1) is 0 Å². The number of pyridine rings is 1. The third-order valence-corrected chi connectivity index (χ3v) is 3.96. The van der Waals surface area contributed by atoms with E-state index in [1.54, 1.807) is 6.20 Å². The summed E-state index contributed by atoms with van der Waals surface area (Å²) in [7, 11) is 0. The number of amides is 1. The molecule has 1 aliphatic heterocycles. The quantitative estimate of drug-likeness (QED) is 0.897. The third-order valence-electron chi connectivity index (χ3n) is 3.96. The first kappa shape index (κ1) is 15.8. The van der Waals surface area contributed by atoms with Crippen LogP contribution in [0.15, 0.2) is 18.3 Å². The van der Waals surface area contributed by atoms with Crippen molar-refractivity contribution >= 4 is 11.7 Å². The zero-order chi connectivity index (χ0) is 15.2. The number of anilines is 1. The van der Waals surface area contributed by atoms with Crippen molar-refractivity contribution < 1.29 is 4.79 Å². The van der Waals surface area contributed by atoms with Crippen LogP contribution in [0.25, 0.3) is 0 Å². The molecule has 1 amide bonds. The first-order valence-electron chi connectivity index (χ1n) is 7.90. The van der Waals surface area contributed by atoms with Crippen molar-refractivity contribution in [3.8, 4) is 0 Å². The maximum Gasteiger partial charge on any atom is 0.255 e. The van der Waals surface area contributed by atoms with Crippen molar-refractivity contribution in [1.29, 1.82) is 0 Å². The summed E-state index contributed by atoms with van der Waals surface area (Å²) in [6.07, 6.45) is 2.80. The van der Waals surface area contributed by atoms with E-state index in [1.807, 2.05) is 17.0 Å². The number of nitrogens with zero attached hydrogens (tertiary/aromatic N) is 3. The van der Waals surface area contributed by atoms with Crippen molar-refractivity contribution in [1.82, 2.24) is 15.2 Å². The van der Waals surface area contributed by atoms with Gasteiger partial charge in [-0.25, -0.2) is 4.98 Å². The maximum absolute atomic E-state index is 12.5. The number of hydrogen-bond acceptors (Lipinski definition) is 4. The Bertz CT molecular complexity index is 460. The Hall–Kier alpha value is -1.62. The number of piperazine rings is 1. The predicted molar refractivity (Wildman–Crippen MR) is 85.8 cm³/mol. The summed E-state index contributed by atoms with van der Waals surface area (Å²) in [5, 5.41) is 3.30. The number of carbonyl (C=O) groups excluding carboxylic acids is 1. The Morgan fingerprint density at radius 1 is 1.48 bits per heavy atom. The van der Waals surface area contributed by atoms with Gasteiger partial charge in [0.25, 0.3) is 5.91 Å². The van der Waals surface area contributed by atoms with Crippen LogP contribution in [0.5, 0.6) is 0 Å². The number of carbonyl (C=O) groups is 1. The summed E-state index contributed by atoms with van der Waals surface area (Å²) < 4.78 is 0. The Balaban J connectivity index is 2.09. The molecule has 1 saturated heterocycles. The normalized spacial score (nSPS) is 18.6. The maximum atomic E-state index is 12.5. The average molecular weight is 290 g/mol. The largest absolute Gasteiger partial charge is 0.357 e. The molecule has 1 N–H and O–H groups in total. The van der Waals surface area contributed by atoms with Gasteiger partial charge in [0, 0.05) is 45.0 Å². The molecule has 0 bridgehead atoms. The monoisotopic (exact) mass is 290 g/mol. The fourth-order valence-electron chi connectivity index (χ4n) is 2.71. The second-order valence-corrected chi connectivity index (χ2v) is 5.54. The van der Waals surface area contributed by atoms with E-state index in [2.05, 4.69) is 36.0 Å². The van der Waals surface area contributed by atoms with Crippen molar-refractivity contribution in [3.63, 3.8) is 0 Å². The first-order chi connectivity index (χ1) is 10.2. The van der Waals surface area contributed by atoms with Gasteiger partial charge >= 0.3 is 0 Å². The van der Waals surface area contributed by atoms with Gasteiger partial charge in [-0.05, 0) is 32.4 Å². The lowest BCUT2D eigenvalue weighted by atomic mass is 10.1. The summed E-state index contributed by atoms with van der Waals surface area (Å²) in [6.45, 7) is 10.8. The van der Waals surface area contributed by atoms with Crippen LogP contribution in [0.4, 0.5) is 5.82 Å². The number of rotatable bonds is 5. The molecular formula is C16H26N4O. The topological polar surface area (TPSA) is 48.5 Å². The summed E-state index contributed by atoms with van der Waals surface area (Å²) in [5.41, 5.74) is 0.681. The highest BCUT2D eigenvalue weighted by Crippen LogP contribution is 2.14. The molecule has 1 fully saturated rings. The molecular weight excluding hydrogens is 264 g/mol. The van der Waals surface area contributed by atoms with Gasteiger partial charge in [-0.2, -0.15) is 0 Å². The van der Waals surface area contributed by atoms with Crippen LogP contribution < -0.4 is 10.2 Å². The highest BCUT2D eigenvalue weighted by Gasteiger charge is 2.24. The average Bonchev–Trinajstić information content (AvgIpc) is 2.52. The van der Waals surface area contributed by atoms with E-state index in [1.165, 1.54) is 0 Å². The number of nitrogens with one attached hydrogen (secondary N) is 1. The summed E-state index contributed by atoms with van der Waals surface area (Å²) in [4.78, 5) is 21.2. The van der Waals surface area contributed by atoms with Crippen LogP contribution in [0.2, 0.25) is 0 Å². The molecule has 5 heteroatoms. The predicted octanol–water partition coefficient (Wildman–Crippen LogP) is 1.75. The Morgan fingerprint density at radius 3 is 2.86 bits per heavy atom. The smallest absolute Gasteiger partial charge is 0.255 e. The van der Waals surface area contributed by atoms with E-state index >= 15 is 0 Å². The SMILES string of the molecule is CCCN(CC)c1ccc(C(=O)N2CCNC[C@H]2C)cn1. The van der Waals surface area contributed by atoms with Gasteiger partial charge in [0.2, 0.25) is 0 Å². The molecule has 2 heterocycles. The molecule has 0 aromatic carbocycles. The van der Waals surface area contributed by atoms with E-state index < -0.39 is 0 Å². The molecule has 1 aliphatic rings. The third kappa shape index (κ3) is 3.73. The molecule has 0 radical (unpaired) electrons. The Morgan fingerprint density at radius 2 is 2.29 bits per heavy atom. The molecule has 0 unspecified atom stereocenters. The second-order valence-electron chi connectivity index (χ2n) is 5.54. The Kier molecular flexibility index (Phi) is 5.56. The van der Waals surface area contributed by atoms with E-state index in [9.17, 15) is 4.79 Å². The standard InChI is InChI=1S/C16H26N4O/c1-4-9-19(5-2)15-7-6-14(12-18-15)16(21)20-10-8-17-11-13(20)3/h6-7,12-13,17H,4-5,8-11H2,1-3H3/t13-/m1/s1. The summed E-state index contributed by atoms with van der Waals surface area (Å²) in [6, 6.07) is 4.09. The summed E-state index contributed by atoms with van der Waals surface area (Å²) >= 11 is 0. The van der Waals surface area contributed by atoms with Crippen molar-refractivity contribution in [2.75, 3.05) is 37.6 Å². The fourth-order valence-corrected chi connectivity index (χ4v) is 2.71. The minimum atomic E-state index is 0.0848. The minimum Gasteiger partial charge on any atom is -0.357 e. The molecule has 0 spiro atoms. The van der Waals surface area contributed by atoms with Crippen molar-refractivity contribution in [3.05, 3.63) is 23.9 Å². The van der Waals surface area contributed by atoms with Gasteiger partial charge < -0.3 is 15.1 Å². The molecule has 1 aromatic heterocycles. The van der Waals surface area contributed by atoms with E-state index in [0.29, 0.717) is 5.56 Å². The van der Waals surface area contributed by atoms with Gasteiger partial charge in [0.15, 0.2) is 0 Å². The van der Waals surface area contributed by atoms with Gasteiger partial charge in [0.1, 0.15) is 5.82 Å². The highest BCUT2D eigenvalue weighted by molar-refractivity contribution is 5.94. The second kappa shape index (κ2) is 7.41. The molecule has 116 valence electrons. The molecule has 1 atom stereocenters. The van der Waals surface area contributed by atoms with Crippen LogP contribution >= 0.6 is 0 Å². The number of aromatic nitrogens is 1. The first-order valence-corrected chi connectivity index (χ1v) is 7.90. The molecule has 0 saturated carbocycles. The van der Waals surface area contributed by atoms with Gasteiger partial charge in [-0.1, -0.05) is 6.92 Å². The van der Waals surface area contributed by atoms with E-state index in [-0.39, 0.29) is 11.9 Å². The number of hydrogen-bond donors (Lipinski definition) is 1.